The monoisotopic (exact) mass is 260 g/mol. The molecule has 0 saturated carbocycles. The van der Waals surface area contributed by atoms with Crippen LogP contribution >= 0.6 is 11.6 Å². The van der Waals surface area contributed by atoms with E-state index < -0.39 is 5.38 Å². The quantitative estimate of drug-likeness (QED) is 0.795. The summed E-state index contributed by atoms with van der Waals surface area (Å²) in [5.41, 5.74) is 1.57. The van der Waals surface area contributed by atoms with Gasteiger partial charge in [-0.15, -0.1) is 11.6 Å². The number of halogens is 1. The second-order valence-corrected chi connectivity index (χ2v) is 4.31. The Morgan fingerprint density at radius 2 is 1.78 bits per heavy atom. The Morgan fingerprint density at radius 1 is 1.17 bits per heavy atom. The fourth-order valence-corrected chi connectivity index (χ4v) is 1.92. The molecule has 0 saturated heterocycles. The van der Waals surface area contributed by atoms with E-state index in [9.17, 15) is 4.79 Å². The molecular formula is C14H13ClN2O. The average Bonchev–Trinajstić information content (AvgIpc) is 2.47. The minimum absolute atomic E-state index is 0.158. The summed E-state index contributed by atoms with van der Waals surface area (Å²) in [5, 5.41) is -0.677. The lowest BCUT2D eigenvalue weighted by Crippen LogP contribution is -2.29. The van der Waals surface area contributed by atoms with Crippen LogP contribution in [0.15, 0.2) is 54.9 Å². The van der Waals surface area contributed by atoms with Gasteiger partial charge < -0.3 is 4.90 Å². The smallest absolute Gasteiger partial charge is 0.249 e. The highest BCUT2D eigenvalue weighted by Crippen LogP contribution is 2.24. The van der Waals surface area contributed by atoms with Gasteiger partial charge in [0.25, 0.3) is 0 Å². The number of alkyl halides is 1. The molecule has 1 heterocycles. The van der Waals surface area contributed by atoms with Crippen LogP contribution in [0, 0.1) is 0 Å². The lowest BCUT2D eigenvalue weighted by atomic mass is 10.1. The van der Waals surface area contributed by atoms with Crippen molar-refractivity contribution < 1.29 is 4.79 Å². The number of hydrogen-bond acceptors (Lipinski definition) is 2. The maximum atomic E-state index is 12.2. The molecule has 0 aliphatic heterocycles. The zero-order chi connectivity index (χ0) is 13.0. The molecule has 0 fully saturated rings. The van der Waals surface area contributed by atoms with Crippen molar-refractivity contribution in [3.8, 4) is 0 Å². The van der Waals surface area contributed by atoms with E-state index in [1.54, 1.807) is 31.6 Å². The molecule has 2 rings (SSSR count). The maximum Gasteiger partial charge on any atom is 0.249 e. The maximum absolute atomic E-state index is 12.2. The van der Waals surface area contributed by atoms with Gasteiger partial charge in [-0.3, -0.25) is 9.78 Å². The van der Waals surface area contributed by atoms with Crippen LogP contribution in [0.4, 0.5) is 5.69 Å². The largest absolute Gasteiger partial charge is 0.314 e. The van der Waals surface area contributed by atoms with Gasteiger partial charge in [-0.05, 0) is 17.7 Å². The van der Waals surface area contributed by atoms with Crippen LogP contribution < -0.4 is 4.90 Å². The summed E-state index contributed by atoms with van der Waals surface area (Å²) >= 11 is 6.19. The number of pyridine rings is 1. The molecule has 1 amide bonds. The molecular weight excluding hydrogens is 248 g/mol. The van der Waals surface area contributed by atoms with Gasteiger partial charge in [-0.1, -0.05) is 30.3 Å². The van der Waals surface area contributed by atoms with Gasteiger partial charge in [-0.2, -0.15) is 0 Å². The molecule has 18 heavy (non-hydrogen) atoms. The summed E-state index contributed by atoms with van der Waals surface area (Å²) in [6.45, 7) is 0. The Morgan fingerprint density at radius 3 is 2.39 bits per heavy atom. The molecule has 0 radical (unpaired) electrons. The van der Waals surface area contributed by atoms with Gasteiger partial charge in [0.15, 0.2) is 0 Å². The number of hydrogen-bond donors (Lipinski definition) is 0. The zero-order valence-electron chi connectivity index (χ0n) is 9.95. The van der Waals surface area contributed by atoms with Gasteiger partial charge in [0.1, 0.15) is 5.38 Å². The standard InChI is InChI=1S/C14H13ClN2O/c1-17(12-7-9-16-10-8-12)14(18)13(15)11-5-3-2-4-6-11/h2-10,13H,1H3. The van der Waals surface area contributed by atoms with E-state index >= 15 is 0 Å². The van der Waals surface area contributed by atoms with Crippen LogP contribution in [0.2, 0.25) is 0 Å². The molecule has 4 heteroatoms. The Labute approximate surface area is 111 Å². The molecule has 0 N–H and O–H groups in total. The van der Waals surface area contributed by atoms with Crippen LogP contribution in [-0.2, 0) is 4.79 Å². The van der Waals surface area contributed by atoms with Crippen molar-refractivity contribution in [2.45, 2.75) is 5.38 Å². The minimum Gasteiger partial charge on any atom is -0.314 e. The summed E-state index contributed by atoms with van der Waals surface area (Å²) < 4.78 is 0. The highest BCUT2D eigenvalue weighted by molar-refractivity contribution is 6.32. The van der Waals surface area contributed by atoms with E-state index in [4.69, 9.17) is 11.6 Å². The molecule has 0 aliphatic rings. The van der Waals surface area contributed by atoms with Crippen LogP contribution in [0.25, 0.3) is 0 Å². The normalized spacial score (nSPS) is 11.9. The van der Waals surface area contributed by atoms with Crippen molar-refractivity contribution in [2.24, 2.45) is 0 Å². The molecule has 1 unspecified atom stereocenters. The van der Waals surface area contributed by atoms with Crippen LogP contribution in [0.5, 0.6) is 0 Å². The molecule has 1 atom stereocenters. The van der Waals surface area contributed by atoms with E-state index in [1.165, 1.54) is 4.90 Å². The number of nitrogens with zero attached hydrogens (tertiary/aromatic N) is 2. The third-order valence-electron chi connectivity index (χ3n) is 2.69. The lowest BCUT2D eigenvalue weighted by Gasteiger charge is -2.20. The van der Waals surface area contributed by atoms with Crippen molar-refractivity contribution >= 4 is 23.2 Å². The van der Waals surface area contributed by atoms with E-state index in [2.05, 4.69) is 4.98 Å². The first kappa shape index (κ1) is 12.6. The van der Waals surface area contributed by atoms with Gasteiger partial charge in [0, 0.05) is 25.1 Å². The SMILES string of the molecule is CN(C(=O)C(Cl)c1ccccc1)c1ccncc1. The Balaban J connectivity index is 2.17. The second kappa shape index (κ2) is 5.65. The number of amides is 1. The summed E-state index contributed by atoms with van der Waals surface area (Å²) in [7, 11) is 1.70. The van der Waals surface area contributed by atoms with Gasteiger partial charge in [-0.25, -0.2) is 0 Å². The third-order valence-corrected chi connectivity index (χ3v) is 3.13. The number of anilines is 1. The molecule has 1 aromatic carbocycles. The molecule has 0 aliphatic carbocycles. The average molecular weight is 261 g/mol. The van der Waals surface area contributed by atoms with E-state index in [1.807, 2.05) is 30.3 Å². The summed E-state index contributed by atoms with van der Waals surface area (Å²) in [5.74, 6) is -0.158. The highest BCUT2D eigenvalue weighted by Gasteiger charge is 2.22. The van der Waals surface area contributed by atoms with Crippen molar-refractivity contribution in [1.82, 2.24) is 4.98 Å². The van der Waals surface area contributed by atoms with Crippen molar-refractivity contribution in [2.75, 3.05) is 11.9 Å². The number of carbonyl (C=O) groups is 1. The molecule has 2 aromatic rings. The summed E-state index contributed by atoms with van der Waals surface area (Å²) in [6, 6.07) is 12.9. The predicted octanol–water partition coefficient (Wildman–Crippen LogP) is 3.02. The third kappa shape index (κ3) is 2.68. The lowest BCUT2D eigenvalue weighted by molar-refractivity contribution is -0.118. The first-order chi connectivity index (χ1) is 8.70. The van der Waals surface area contributed by atoms with Crippen LogP contribution in [0.1, 0.15) is 10.9 Å². The van der Waals surface area contributed by atoms with Crippen molar-refractivity contribution in [3.05, 3.63) is 60.4 Å². The number of benzene rings is 1. The molecule has 92 valence electrons. The van der Waals surface area contributed by atoms with Crippen molar-refractivity contribution in [3.63, 3.8) is 0 Å². The minimum atomic E-state index is -0.677. The first-order valence-electron chi connectivity index (χ1n) is 5.57. The fraction of sp³-hybridized carbons (Fsp3) is 0.143. The summed E-state index contributed by atoms with van der Waals surface area (Å²) in [6.07, 6.45) is 3.29. The molecule has 1 aromatic heterocycles. The van der Waals surface area contributed by atoms with Crippen LogP contribution in [0.3, 0.4) is 0 Å². The Bertz CT molecular complexity index is 468. The van der Waals surface area contributed by atoms with E-state index in [0.717, 1.165) is 11.3 Å². The zero-order valence-corrected chi connectivity index (χ0v) is 10.7. The van der Waals surface area contributed by atoms with Crippen LogP contribution in [-0.4, -0.2) is 17.9 Å². The van der Waals surface area contributed by atoms with E-state index in [0.29, 0.717) is 0 Å². The molecule has 3 nitrogen and oxygen atoms in total. The van der Waals surface area contributed by atoms with E-state index in [-0.39, 0.29) is 5.91 Å². The fourth-order valence-electron chi connectivity index (χ4n) is 1.63. The predicted molar refractivity (Wildman–Crippen MR) is 72.7 cm³/mol. The Hall–Kier alpha value is -1.87. The number of rotatable bonds is 3. The highest BCUT2D eigenvalue weighted by atomic mass is 35.5. The van der Waals surface area contributed by atoms with Gasteiger partial charge in [0.2, 0.25) is 5.91 Å². The summed E-state index contributed by atoms with van der Waals surface area (Å²) in [4.78, 5) is 17.7. The van der Waals surface area contributed by atoms with Crippen molar-refractivity contribution in [1.29, 1.82) is 0 Å². The second-order valence-electron chi connectivity index (χ2n) is 3.88. The number of likely N-dealkylation sites (N-methyl/N-ethyl adjacent to an activating group) is 1. The Kier molecular flexibility index (Phi) is 3.95. The number of carbonyl (C=O) groups excluding carboxylic acids is 1. The topological polar surface area (TPSA) is 33.2 Å². The molecule has 0 bridgehead atoms. The first-order valence-corrected chi connectivity index (χ1v) is 6.00. The number of aromatic nitrogens is 1. The van der Waals surface area contributed by atoms with Gasteiger partial charge >= 0.3 is 0 Å². The van der Waals surface area contributed by atoms with Gasteiger partial charge in [0.05, 0.1) is 0 Å². The molecule has 0 spiro atoms.